The molecule has 4 rings (SSSR count). The monoisotopic (exact) mass is 385 g/mol. The Labute approximate surface area is 169 Å². The Morgan fingerprint density at radius 2 is 1.71 bits per heavy atom. The molecule has 4 heteroatoms. The summed E-state index contributed by atoms with van der Waals surface area (Å²) in [5.41, 5.74) is 1.80. The number of hydrogen-bond donors (Lipinski definition) is 0. The van der Waals surface area contributed by atoms with E-state index in [0.29, 0.717) is 11.7 Å². The number of methoxy groups -OCH3 is 1. The second-order valence-corrected chi connectivity index (χ2v) is 8.81. The van der Waals surface area contributed by atoms with E-state index < -0.39 is 0 Å². The summed E-state index contributed by atoms with van der Waals surface area (Å²) in [6.45, 7) is 3.23. The van der Waals surface area contributed by atoms with E-state index in [1.807, 2.05) is 12.1 Å². The van der Waals surface area contributed by atoms with Crippen LogP contribution in [0, 0.1) is 0 Å². The predicted octanol–water partition coefficient (Wildman–Crippen LogP) is 4.96. The van der Waals surface area contributed by atoms with E-state index in [9.17, 15) is 4.79 Å². The van der Waals surface area contributed by atoms with Crippen LogP contribution in [0.25, 0.3) is 0 Å². The second-order valence-electron chi connectivity index (χ2n) is 8.81. The average molecular weight is 386 g/mol. The molecule has 0 atom stereocenters. The largest absolute Gasteiger partial charge is 0.496 e. The van der Waals surface area contributed by atoms with Gasteiger partial charge >= 0.3 is 0 Å². The summed E-state index contributed by atoms with van der Waals surface area (Å²) in [6, 6.07) is 6.21. The minimum Gasteiger partial charge on any atom is -0.496 e. The van der Waals surface area contributed by atoms with Crippen LogP contribution in [-0.4, -0.2) is 49.6 Å². The summed E-state index contributed by atoms with van der Waals surface area (Å²) >= 11 is 0. The topological polar surface area (TPSA) is 38.8 Å². The molecule has 0 radical (unpaired) electrons. The van der Waals surface area contributed by atoms with Crippen molar-refractivity contribution >= 4 is 5.78 Å². The maximum absolute atomic E-state index is 13.9. The molecular formula is C24H35NO3. The molecule has 2 aliphatic carbocycles. The second kappa shape index (κ2) is 8.96. The van der Waals surface area contributed by atoms with Gasteiger partial charge in [-0.05, 0) is 55.4 Å². The quantitative estimate of drug-likeness (QED) is 0.672. The van der Waals surface area contributed by atoms with Gasteiger partial charge < -0.3 is 9.47 Å². The van der Waals surface area contributed by atoms with E-state index in [0.717, 1.165) is 63.3 Å². The molecule has 0 unspecified atom stereocenters. The molecule has 3 aliphatic rings. The zero-order chi connectivity index (χ0) is 19.4. The van der Waals surface area contributed by atoms with E-state index in [4.69, 9.17) is 9.47 Å². The number of morpholine rings is 1. The molecule has 4 nitrogen and oxygen atoms in total. The first-order valence-corrected chi connectivity index (χ1v) is 11.3. The first kappa shape index (κ1) is 19.9. The van der Waals surface area contributed by atoms with Crippen LogP contribution in [0.5, 0.6) is 5.75 Å². The van der Waals surface area contributed by atoms with Crippen molar-refractivity contribution in [2.24, 2.45) is 0 Å². The highest BCUT2D eigenvalue weighted by atomic mass is 16.5. The summed E-state index contributed by atoms with van der Waals surface area (Å²) in [4.78, 5) is 16.4. The minimum absolute atomic E-state index is 0.328. The lowest BCUT2D eigenvalue weighted by Crippen LogP contribution is -2.59. The Hall–Kier alpha value is -1.39. The summed E-state index contributed by atoms with van der Waals surface area (Å²) < 4.78 is 11.3. The molecule has 0 spiro atoms. The highest BCUT2D eigenvalue weighted by Crippen LogP contribution is 2.41. The molecule has 1 aliphatic heterocycles. The van der Waals surface area contributed by atoms with Crippen LogP contribution in [0.15, 0.2) is 18.2 Å². The molecule has 1 aromatic rings. The molecule has 154 valence electrons. The number of carbonyl (C=O) groups is 1. The van der Waals surface area contributed by atoms with Crippen LogP contribution >= 0.6 is 0 Å². The van der Waals surface area contributed by atoms with Crippen LogP contribution in [0.4, 0.5) is 0 Å². The van der Waals surface area contributed by atoms with Gasteiger partial charge in [-0.15, -0.1) is 0 Å². The molecule has 0 amide bonds. The van der Waals surface area contributed by atoms with Crippen LogP contribution < -0.4 is 4.74 Å². The first-order valence-electron chi connectivity index (χ1n) is 11.3. The highest BCUT2D eigenvalue weighted by Gasteiger charge is 2.45. The van der Waals surface area contributed by atoms with Crippen LogP contribution in [0.2, 0.25) is 0 Å². The predicted molar refractivity (Wildman–Crippen MR) is 111 cm³/mol. The average Bonchev–Trinajstić information content (AvgIpc) is 2.79. The smallest absolute Gasteiger partial charge is 0.183 e. The number of ketones is 1. The Bertz CT molecular complexity index is 668. The number of rotatable bonds is 5. The first-order chi connectivity index (χ1) is 13.7. The van der Waals surface area contributed by atoms with Crippen molar-refractivity contribution in [3.63, 3.8) is 0 Å². The lowest BCUT2D eigenvalue weighted by Gasteiger charge is -2.47. The molecule has 28 heavy (non-hydrogen) atoms. The van der Waals surface area contributed by atoms with Crippen molar-refractivity contribution in [3.05, 3.63) is 29.3 Å². The van der Waals surface area contributed by atoms with Gasteiger partial charge in [0.05, 0.1) is 25.9 Å². The minimum atomic E-state index is -0.333. The third-order valence-electron chi connectivity index (χ3n) is 7.26. The van der Waals surface area contributed by atoms with Crippen molar-refractivity contribution in [2.75, 3.05) is 33.4 Å². The number of carbonyl (C=O) groups excluding carboxylic acids is 1. The molecule has 1 aromatic carbocycles. The van der Waals surface area contributed by atoms with Crippen molar-refractivity contribution in [1.82, 2.24) is 4.90 Å². The zero-order valence-electron chi connectivity index (χ0n) is 17.4. The van der Waals surface area contributed by atoms with E-state index >= 15 is 0 Å². The maximum Gasteiger partial charge on any atom is 0.183 e. The normalized spacial score (nSPS) is 24.0. The zero-order valence-corrected chi connectivity index (χ0v) is 17.4. The van der Waals surface area contributed by atoms with Gasteiger partial charge in [0.15, 0.2) is 5.78 Å². The van der Waals surface area contributed by atoms with Crippen molar-refractivity contribution in [3.8, 4) is 5.75 Å². The summed E-state index contributed by atoms with van der Waals surface area (Å²) in [5.74, 6) is 1.81. The third-order valence-corrected chi connectivity index (χ3v) is 7.26. The van der Waals surface area contributed by atoms with Gasteiger partial charge in [-0.3, -0.25) is 9.69 Å². The summed E-state index contributed by atoms with van der Waals surface area (Å²) in [5, 5.41) is 0. The Morgan fingerprint density at radius 3 is 2.39 bits per heavy atom. The van der Waals surface area contributed by atoms with Crippen molar-refractivity contribution in [2.45, 2.75) is 75.7 Å². The number of ether oxygens (including phenoxy) is 2. The van der Waals surface area contributed by atoms with Gasteiger partial charge in [0, 0.05) is 18.7 Å². The Balaban J connectivity index is 1.66. The third kappa shape index (κ3) is 3.86. The maximum atomic E-state index is 13.9. The van der Waals surface area contributed by atoms with Gasteiger partial charge in [0.25, 0.3) is 0 Å². The van der Waals surface area contributed by atoms with Crippen LogP contribution in [-0.2, 0) is 4.74 Å². The summed E-state index contributed by atoms with van der Waals surface area (Å²) in [6.07, 6.45) is 11.8. The van der Waals surface area contributed by atoms with Crippen LogP contribution in [0.3, 0.4) is 0 Å². The molecular weight excluding hydrogens is 350 g/mol. The lowest BCUT2D eigenvalue weighted by atomic mass is 9.74. The van der Waals surface area contributed by atoms with Crippen LogP contribution in [0.1, 0.15) is 86.0 Å². The number of nitrogens with zero attached hydrogens (tertiary/aromatic N) is 1. The van der Waals surface area contributed by atoms with Gasteiger partial charge in [-0.2, -0.15) is 0 Å². The van der Waals surface area contributed by atoms with Gasteiger partial charge in [-0.1, -0.05) is 38.5 Å². The number of Topliss-reactive ketones (excluding diaryl/α,β-unsaturated/α-hetero) is 1. The van der Waals surface area contributed by atoms with Gasteiger partial charge in [-0.25, -0.2) is 0 Å². The number of benzene rings is 1. The fourth-order valence-corrected chi connectivity index (χ4v) is 5.69. The van der Waals surface area contributed by atoms with E-state index in [1.54, 1.807) is 7.11 Å². The fourth-order valence-electron chi connectivity index (χ4n) is 5.69. The highest BCUT2D eigenvalue weighted by molar-refractivity contribution is 6.03. The molecule has 0 bridgehead atoms. The molecule has 1 saturated heterocycles. The van der Waals surface area contributed by atoms with Crippen molar-refractivity contribution < 1.29 is 14.3 Å². The number of hydrogen-bond acceptors (Lipinski definition) is 4. The summed E-state index contributed by atoms with van der Waals surface area (Å²) in [7, 11) is 1.75. The molecule has 2 saturated carbocycles. The van der Waals surface area contributed by atoms with E-state index in [2.05, 4.69) is 11.0 Å². The molecule has 0 aromatic heterocycles. The van der Waals surface area contributed by atoms with E-state index in [1.165, 1.54) is 44.1 Å². The lowest BCUT2D eigenvalue weighted by molar-refractivity contribution is -0.0264. The van der Waals surface area contributed by atoms with Gasteiger partial charge in [0.2, 0.25) is 0 Å². The molecule has 1 heterocycles. The fraction of sp³-hybridized carbons (Fsp3) is 0.708. The Morgan fingerprint density at radius 1 is 1.04 bits per heavy atom. The van der Waals surface area contributed by atoms with E-state index in [-0.39, 0.29) is 5.54 Å². The Kier molecular flexibility index (Phi) is 6.37. The van der Waals surface area contributed by atoms with Crippen molar-refractivity contribution in [1.29, 1.82) is 0 Å². The molecule has 0 N–H and O–H groups in total. The standard InChI is InChI=1S/C24H35NO3/c1-27-22-11-10-20(18-21(22)19-8-4-2-5-9-19)23(26)24(12-6-3-7-13-24)25-14-16-28-17-15-25/h10-11,18-19H,2-9,12-17H2,1H3. The molecule has 3 fully saturated rings. The van der Waals surface area contributed by atoms with Gasteiger partial charge in [0.1, 0.15) is 5.75 Å². The SMILES string of the molecule is COc1ccc(C(=O)C2(N3CCOCC3)CCCCC2)cc1C1CCCCC1.